The van der Waals surface area contributed by atoms with E-state index in [1.165, 1.54) is 0 Å². The van der Waals surface area contributed by atoms with Crippen molar-refractivity contribution < 1.29 is 9.53 Å². The Morgan fingerprint density at radius 3 is 2.92 bits per heavy atom. The van der Waals surface area contributed by atoms with Crippen molar-refractivity contribution in [3.05, 3.63) is 35.0 Å². The number of benzene rings is 1. The van der Waals surface area contributed by atoms with Crippen molar-refractivity contribution in [2.24, 2.45) is 0 Å². The van der Waals surface area contributed by atoms with Crippen molar-refractivity contribution >= 4 is 28.5 Å². The molecule has 2 aromatic rings. The van der Waals surface area contributed by atoms with Gasteiger partial charge in [-0.2, -0.15) is 0 Å². The van der Waals surface area contributed by atoms with Gasteiger partial charge >= 0.3 is 6.03 Å². The molecular weight excluding hydrogens is 352 g/mol. The van der Waals surface area contributed by atoms with E-state index in [4.69, 9.17) is 16.3 Å². The zero-order chi connectivity index (χ0) is 18.5. The van der Waals surface area contributed by atoms with Crippen molar-refractivity contribution in [2.45, 2.75) is 25.5 Å². The molecule has 2 amide bonds. The van der Waals surface area contributed by atoms with E-state index in [2.05, 4.69) is 15.2 Å². The van der Waals surface area contributed by atoms with Crippen LogP contribution in [-0.4, -0.2) is 67.3 Å². The van der Waals surface area contributed by atoms with Crippen LogP contribution < -0.4 is 5.32 Å². The van der Waals surface area contributed by atoms with Crippen molar-refractivity contribution in [2.75, 3.05) is 40.3 Å². The van der Waals surface area contributed by atoms with Gasteiger partial charge in [0.05, 0.1) is 12.6 Å². The molecule has 1 fully saturated rings. The summed E-state index contributed by atoms with van der Waals surface area (Å²) in [5.74, 6) is 0. The van der Waals surface area contributed by atoms with Gasteiger partial charge < -0.3 is 24.8 Å². The fourth-order valence-corrected chi connectivity index (χ4v) is 3.35. The van der Waals surface area contributed by atoms with E-state index in [-0.39, 0.29) is 12.1 Å². The first-order valence-corrected chi connectivity index (χ1v) is 9.45. The molecule has 1 aromatic carbocycles. The number of carbonyl (C=O) groups is 1. The number of nitrogens with zero attached hydrogens (tertiary/aromatic N) is 2. The molecule has 0 saturated carbocycles. The van der Waals surface area contributed by atoms with Crippen molar-refractivity contribution in [3.8, 4) is 0 Å². The molecule has 0 unspecified atom stereocenters. The lowest BCUT2D eigenvalue weighted by Gasteiger charge is -2.27. The van der Waals surface area contributed by atoms with Crippen molar-refractivity contribution in [1.82, 2.24) is 20.1 Å². The van der Waals surface area contributed by atoms with Gasteiger partial charge in [0.1, 0.15) is 0 Å². The molecule has 2 heterocycles. The molecule has 1 aliphatic rings. The topological polar surface area (TPSA) is 60.6 Å². The van der Waals surface area contributed by atoms with Gasteiger partial charge in [0, 0.05) is 47.9 Å². The summed E-state index contributed by atoms with van der Waals surface area (Å²) in [4.78, 5) is 19.9. The Balaban J connectivity index is 1.59. The number of aromatic nitrogens is 1. The van der Waals surface area contributed by atoms with Gasteiger partial charge in [0.25, 0.3) is 0 Å². The molecule has 142 valence electrons. The third kappa shape index (κ3) is 5.13. The zero-order valence-corrected chi connectivity index (χ0v) is 16.2. The van der Waals surface area contributed by atoms with Gasteiger partial charge in [-0.1, -0.05) is 11.6 Å². The summed E-state index contributed by atoms with van der Waals surface area (Å²) >= 11 is 6.03. The Kier molecular flexibility index (Phi) is 6.40. The standard InChI is InChI=1S/C19H27ClN4O2/c1-23(2)7-8-24(13-17-4-3-9-26-17)19(25)21-12-16-11-14-10-15(20)5-6-18(14)22-16/h5-6,10-11,17,22H,3-4,7-9,12-13H2,1-2H3,(H,21,25)/t17-/m1/s1. The fourth-order valence-electron chi connectivity index (χ4n) is 3.17. The number of rotatable bonds is 7. The highest BCUT2D eigenvalue weighted by atomic mass is 35.5. The van der Waals surface area contributed by atoms with Crippen LogP contribution in [0.25, 0.3) is 10.9 Å². The SMILES string of the molecule is CN(C)CCN(C[C@H]1CCCO1)C(=O)NCc1cc2cc(Cl)ccc2[nH]1. The van der Waals surface area contributed by atoms with Crippen LogP contribution in [0.5, 0.6) is 0 Å². The normalized spacial score (nSPS) is 17.2. The lowest BCUT2D eigenvalue weighted by atomic mass is 10.2. The first-order chi connectivity index (χ1) is 12.5. The predicted molar refractivity (Wildman–Crippen MR) is 105 cm³/mol. The number of halogens is 1. The number of likely N-dealkylation sites (N-methyl/N-ethyl adjacent to an activating group) is 1. The van der Waals surface area contributed by atoms with Crippen LogP contribution in [0, 0.1) is 0 Å². The molecule has 0 radical (unpaired) electrons. The number of hydrogen-bond donors (Lipinski definition) is 2. The van der Waals surface area contributed by atoms with Crippen LogP contribution in [0.15, 0.2) is 24.3 Å². The molecule has 7 heteroatoms. The van der Waals surface area contributed by atoms with Crippen LogP contribution in [0.2, 0.25) is 5.02 Å². The van der Waals surface area contributed by atoms with E-state index in [0.29, 0.717) is 24.7 Å². The molecule has 6 nitrogen and oxygen atoms in total. The highest BCUT2D eigenvalue weighted by molar-refractivity contribution is 6.31. The number of nitrogens with one attached hydrogen (secondary N) is 2. The molecule has 26 heavy (non-hydrogen) atoms. The summed E-state index contributed by atoms with van der Waals surface area (Å²) < 4.78 is 5.70. The highest BCUT2D eigenvalue weighted by Gasteiger charge is 2.22. The smallest absolute Gasteiger partial charge is 0.317 e. The molecule has 0 aliphatic carbocycles. The quantitative estimate of drug-likeness (QED) is 0.778. The van der Waals surface area contributed by atoms with E-state index < -0.39 is 0 Å². The second-order valence-corrected chi connectivity index (χ2v) is 7.51. The van der Waals surface area contributed by atoms with Crippen LogP contribution in [-0.2, 0) is 11.3 Å². The number of ether oxygens (including phenoxy) is 1. The van der Waals surface area contributed by atoms with Crippen LogP contribution in [0.4, 0.5) is 4.79 Å². The zero-order valence-electron chi connectivity index (χ0n) is 15.4. The molecular formula is C19H27ClN4O2. The number of aromatic amines is 1. The first kappa shape index (κ1) is 19.0. The Labute approximate surface area is 159 Å². The maximum Gasteiger partial charge on any atom is 0.317 e. The maximum absolute atomic E-state index is 12.7. The number of amides is 2. The van der Waals surface area contributed by atoms with E-state index in [0.717, 1.165) is 42.6 Å². The first-order valence-electron chi connectivity index (χ1n) is 9.07. The van der Waals surface area contributed by atoms with Gasteiger partial charge in [-0.25, -0.2) is 4.79 Å². The maximum atomic E-state index is 12.7. The number of fused-ring (bicyclic) bond motifs is 1. The monoisotopic (exact) mass is 378 g/mol. The molecule has 1 saturated heterocycles. The second-order valence-electron chi connectivity index (χ2n) is 7.07. The van der Waals surface area contributed by atoms with Crippen molar-refractivity contribution in [3.63, 3.8) is 0 Å². The minimum Gasteiger partial charge on any atom is -0.376 e. The Bertz CT molecular complexity index is 740. The third-order valence-corrected chi connectivity index (χ3v) is 4.86. The minimum absolute atomic E-state index is 0.0564. The fraction of sp³-hybridized carbons (Fsp3) is 0.526. The van der Waals surface area contributed by atoms with Gasteiger partial charge in [-0.15, -0.1) is 0 Å². The number of H-pyrrole nitrogens is 1. The van der Waals surface area contributed by atoms with Crippen LogP contribution in [0.1, 0.15) is 18.5 Å². The van der Waals surface area contributed by atoms with Gasteiger partial charge in [-0.05, 0) is 51.2 Å². The average Bonchev–Trinajstić information content (AvgIpc) is 3.24. The molecule has 1 atom stereocenters. The third-order valence-electron chi connectivity index (χ3n) is 4.62. The lowest BCUT2D eigenvalue weighted by Crippen LogP contribution is -2.46. The molecule has 2 N–H and O–H groups in total. The Morgan fingerprint density at radius 1 is 1.35 bits per heavy atom. The van der Waals surface area contributed by atoms with E-state index >= 15 is 0 Å². The lowest BCUT2D eigenvalue weighted by molar-refractivity contribution is 0.0795. The number of carbonyl (C=O) groups excluding carboxylic acids is 1. The summed E-state index contributed by atoms with van der Waals surface area (Å²) in [6, 6.07) is 7.68. The summed E-state index contributed by atoms with van der Waals surface area (Å²) in [6.45, 7) is 3.40. The summed E-state index contributed by atoms with van der Waals surface area (Å²) in [5, 5.41) is 4.77. The van der Waals surface area contributed by atoms with E-state index in [1.807, 2.05) is 43.3 Å². The van der Waals surface area contributed by atoms with Crippen LogP contribution in [0.3, 0.4) is 0 Å². The summed E-state index contributed by atoms with van der Waals surface area (Å²) in [5.41, 5.74) is 1.97. The Hall–Kier alpha value is -1.76. The molecule has 3 rings (SSSR count). The highest BCUT2D eigenvalue weighted by Crippen LogP contribution is 2.20. The van der Waals surface area contributed by atoms with E-state index in [9.17, 15) is 4.79 Å². The average molecular weight is 379 g/mol. The van der Waals surface area contributed by atoms with Gasteiger partial charge in [-0.3, -0.25) is 0 Å². The van der Waals surface area contributed by atoms with Gasteiger partial charge in [0.15, 0.2) is 0 Å². The van der Waals surface area contributed by atoms with Gasteiger partial charge in [0.2, 0.25) is 0 Å². The van der Waals surface area contributed by atoms with Crippen molar-refractivity contribution in [1.29, 1.82) is 0 Å². The molecule has 0 spiro atoms. The summed E-state index contributed by atoms with van der Waals surface area (Å²) in [7, 11) is 4.02. The second kappa shape index (κ2) is 8.75. The number of urea groups is 1. The van der Waals surface area contributed by atoms with Crippen LogP contribution >= 0.6 is 11.6 Å². The van der Waals surface area contributed by atoms with E-state index in [1.54, 1.807) is 0 Å². The predicted octanol–water partition coefficient (Wildman–Crippen LogP) is 3.07. The Morgan fingerprint density at radius 2 is 2.19 bits per heavy atom. The molecule has 1 aromatic heterocycles. The molecule has 0 bridgehead atoms. The largest absolute Gasteiger partial charge is 0.376 e. The summed E-state index contributed by atoms with van der Waals surface area (Å²) in [6.07, 6.45) is 2.25. The minimum atomic E-state index is -0.0564. The molecule has 1 aliphatic heterocycles. The number of hydrogen-bond acceptors (Lipinski definition) is 3.